The maximum absolute atomic E-state index is 9.27. The molecule has 0 saturated heterocycles. The van der Waals surface area contributed by atoms with Crippen LogP contribution in [0.15, 0.2) is 0 Å². The molecule has 0 spiro atoms. The van der Waals surface area contributed by atoms with E-state index in [2.05, 4.69) is 4.31 Å². The van der Waals surface area contributed by atoms with Crippen LogP contribution in [0.1, 0.15) is 1.43 Å². The molecule has 2 atom stereocenters. The predicted octanol–water partition coefficient (Wildman–Crippen LogP) is -2.44. The average Bonchev–Trinajstić information content (AvgIpc) is 1.38. The molecule has 0 bridgehead atoms. The summed E-state index contributed by atoms with van der Waals surface area (Å²) in [6.45, 7) is 0. The van der Waals surface area contributed by atoms with E-state index < -0.39 is 8.25 Å². The summed E-state index contributed by atoms with van der Waals surface area (Å²) in [5, 5.41) is 0. The zero-order valence-electron chi connectivity index (χ0n) is 4.29. The van der Waals surface area contributed by atoms with Crippen molar-refractivity contribution < 1.29 is 66.6 Å². The Labute approximate surface area is 83.0 Å². The molecule has 0 radical (unpaired) electrons. The molecule has 0 fully saturated rings. The van der Waals surface area contributed by atoms with E-state index in [4.69, 9.17) is 4.89 Å². The smallest absolute Gasteiger partial charge is 1.00 e. The van der Waals surface area contributed by atoms with Crippen LogP contribution in [0.3, 0.4) is 0 Å². The van der Waals surface area contributed by atoms with Gasteiger partial charge in [-0.1, -0.05) is 0 Å². The van der Waals surface area contributed by atoms with Crippen molar-refractivity contribution in [3.63, 3.8) is 0 Å². The summed E-state index contributed by atoms with van der Waals surface area (Å²) in [6.07, 6.45) is 0. The Hall–Kier alpha value is 2.09. The monoisotopic (exact) mass is 153 g/mol. The molecular formula is H4KO3P2+. The molecule has 0 heterocycles. The second kappa shape index (κ2) is 7.09. The minimum atomic E-state index is -2.39. The molecule has 0 aliphatic carbocycles. The first kappa shape index (κ1) is 11.0. The molecule has 6 heavy (non-hydrogen) atoms. The van der Waals surface area contributed by atoms with Crippen molar-refractivity contribution >= 4 is 17.7 Å². The summed E-state index contributed by atoms with van der Waals surface area (Å²) in [4.78, 5) is 7.63. The van der Waals surface area contributed by atoms with Crippen molar-refractivity contribution in [1.82, 2.24) is 0 Å². The Morgan fingerprint density at radius 3 is 2.17 bits per heavy atom. The van der Waals surface area contributed by atoms with Crippen LogP contribution >= 0.6 is 17.7 Å². The van der Waals surface area contributed by atoms with Crippen molar-refractivity contribution in [2.24, 2.45) is 0 Å². The van der Waals surface area contributed by atoms with Crippen molar-refractivity contribution in [1.29, 1.82) is 0 Å². The fraction of sp³-hybridized carbons (Fsp3) is 0. The molecule has 1 N–H and O–H groups in total. The van der Waals surface area contributed by atoms with Crippen LogP contribution in [0.25, 0.3) is 0 Å². The topological polar surface area (TPSA) is 46.5 Å². The molecule has 0 aliphatic heterocycles. The van der Waals surface area contributed by atoms with E-state index in [-0.39, 0.29) is 52.8 Å². The zero-order chi connectivity index (χ0) is 4.28. The number of hydrogen-bond acceptors (Lipinski definition) is 2. The summed E-state index contributed by atoms with van der Waals surface area (Å²) >= 11 is 0. The van der Waals surface area contributed by atoms with E-state index in [1.54, 1.807) is 9.47 Å². The fourth-order valence-electron chi connectivity index (χ4n) is 0. The Bertz CT molecular complexity index is 48.2. The maximum Gasteiger partial charge on any atom is 1.00 e. The van der Waals surface area contributed by atoms with Gasteiger partial charge in [-0.05, 0) is 0 Å². The zero-order valence-corrected chi connectivity index (χ0v) is 8.46. The minimum absolute atomic E-state index is 0. The van der Waals surface area contributed by atoms with Gasteiger partial charge in [-0.3, -0.25) is 0 Å². The largest absolute Gasteiger partial charge is 1.00 e. The van der Waals surface area contributed by atoms with Crippen molar-refractivity contribution in [2.75, 3.05) is 0 Å². The predicted molar refractivity (Wildman–Crippen MR) is 21.7 cm³/mol. The summed E-state index contributed by atoms with van der Waals surface area (Å²) in [6, 6.07) is 0. The third-order valence-electron chi connectivity index (χ3n) is 0.0902. The van der Waals surface area contributed by atoms with E-state index in [9.17, 15) is 4.57 Å². The summed E-state index contributed by atoms with van der Waals surface area (Å²) in [7, 11) is -0.725. The average molecular weight is 153 g/mol. The Balaban J connectivity index is -0.0000000800. The van der Waals surface area contributed by atoms with Gasteiger partial charge in [-0.25, -0.2) is 0 Å². The standard InChI is InChI=1S/K.H2O3P2.H/c;1-5(2)3-4;/h;4H2;/q+1;;-1/p+1. The van der Waals surface area contributed by atoms with Gasteiger partial charge in [0.15, 0.2) is 0 Å². The Morgan fingerprint density at radius 1 is 2.00 bits per heavy atom. The molecule has 0 aliphatic rings. The van der Waals surface area contributed by atoms with Crippen LogP contribution < -0.4 is 51.4 Å². The molecule has 0 rings (SSSR count). The van der Waals surface area contributed by atoms with Gasteiger partial charge in [0.05, 0.1) is 9.47 Å². The second-order valence-corrected chi connectivity index (χ2v) is 1.66. The first-order valence-corrected chi connectivity index (χ1v) is 2.40. The normalized spacial score (nSPS) is 9.33. The fourth-order valence-corrected chi connectivity index (χ4v) is 0. The first-order valence-electron chi connectivity index (χ1n) is 0.801. The molecular weight excluding hydrogens is 149 g/mol. The van der Waals surface area contributed by atoms with Gasteiger partial charge in [0.2, 0.25) is 0 Å². The van der Waals surface area contributed by atoms with Crippen LogP contribution in [0.2, 0.25) is 0 Å². The Morgan fingerprint density at radius 2 is 2.17 bits per heavy atom. The molecule has 0 saturated carbocycles. The third kappa shape index (κ3) is 9.43. The molecule has 0 amide bonds. The maximum atomic E-state index is 9.27. The van der Waals surface area contributed by atoms with Gasteiger partial charge in [0, 0.05) is 4.57 Å². The van der Waals surface area contributed by atoms with Crippen molar-refractivity contribution in [3.8, 4) is 0 Å². The summed E-state index contributed by atoms with van der Waals surface area (Å²) in [5.74, 6) is 0. The number of hydrogen-bond donors (Lipinski definition) is 1. The van der Waals surface area contributed by atoms with Gasteiger partial charge < -0.3 is 1.43 Å². The van der Waals surface area contributed by atoms with Gasteiger partial charge >= 0.3 is 59.6 Å². The van der Waals surface area contributed by atoms with Crippen molar-refractivity contribution in [3.05, 3.63) is 0 Å². The third-order valence-corrected chi connectivity index (χ3v) is 0.812. The van der Waals surface area contributed by atoms with E-state index in [1.807, 2.05) is 0 Å². The Kier molecular flexibility index (Phi) is 12.9. The minimum Gasteiger partial charge on any atom is -1.00 e. The second-order valence-electron chi connectivity index (χ2n) is 0.343. The molecule has 0 aromatic rings. The summed E-state index contributed by atoms with van der Waals surface area (Å²) < 4.78 is 13.0. The van der Waals surface area contributed by atoms with E-state index in [0.29, 0.717) is 0 Å². The van der Waals surface area contributed by atoms with Gasteiger partial charge in [0.1, 0.15) is 0 Å². The quantitative estimate of drug-likeness (QED) is 0.336. The molecule has 0 aromatic carbocycles. The van der Waals surface area contributed by atoms with Crippen LogP contribution in [0.4, 0.5) is 0 Å². The van der Waals surface area contributed by atoms with E-state index >= 15 is 0 Å². The molecule has 0 aromatic heterocycles. The van der Waals surface area contributed by atoms with Gasteiger partial charge in [-0.15, -0.1) is 9.20 Å². The molecule has 6 heteroatoms. The van der Waals surface area contributed by atoms with Crippen LogP contribution in [0, 0.1) is 0 Å². The van der Waals surface area contributed by atoms with Crippen LogP contribution in [-0.4, -0.2) is 4.89 Å². The van der Waals surface area contributed by atoms with Gasteiger partial charge in [0.25, 0.3) is 0 Å². The van der Waals surface area contributed by atoms with E-state index in [0.717, 1.165) is 0 Å². The van der Waals surface area contributed by atoms with Gasteiger partial charge in [-0.2, -0.15) is 0 Å². The van der Waals surface area contributed by atoms with Crippen LogP contribution in [0.5, 0.6) is 0 Å². The molecule has 2 unspecified atom stereocenters. The summed E-state index contributed by atoms with van der Waals surface area (Å²) in [5.41, 5.74) is 0. The first-order chi connectivity index (χ1) is 2.27. The molecule has 32 valence electrons. The number of rotatable bonds is 1. The van der Waals surface area contributed by atoms with Crippen LogP contribution in [-0.2, 0) is 8.88 Å². The molecule has 3 nitrogen and oxygen atoms in total. The van der Waals surface area contributed by atoms with Crippen molar-refractivity contribution in [2.45, 2.75) is 0 Å². The SMILES string of the molecule is O=[P+](O)OP.[H-].[K+]. The van der Waals surface area contributed by atoms with E-state index in [1.165, 1.54) is 0 Å².